The van der Waals surface area contributed by atoms with Crippen LogP contribution < -0.4 is 10.6 Å². The number of rotatable bonds is 0. The van der Waals surface area contributed by atoms with Gasteiger partial charge in [-0.15, -0.1) is 0 Å². The van der Waals surface area contributed by atoms with Gasteiger partial charge in [-0.25, -0.2) is 0 Å². The van der Waals surface area contributed by atoms with E-state index in [1.165, 1.54) is 45.3 Å². The molecule has 0 aliphatic carbocycles. The van der Waals surface area contributed by atoms with Gasteiger partial charge in [0.1, 0.15) is 0 Å². The Morgan fingerprint density at radius 2 is 1.90 bits per heavy atom. The Morgan fingerprint density at radius 3 is 2.60 bits per heavy atom. The van der Waals surface area contributed by atoms with Crippen molar-refractivity contribution in [1.29, 1.82) is 0 Å². The second kappa shape index (κ2) is 2.51. The van der Waals surface area contributed by atoms with Crippen molar-refractivity contribution in [3.63, 3.8) is 0 Å². The zero-order chi connectivity index (χ0) is 6.86. The molecule has 0 amide bonds. The molecular formula is C8H16N2. The van der Waals surface area contributed by atoms with Crippen LogP contribution in [0.2, 0.25) is 0 Å². The first kappa shape index (κ1) is 6.62. The van der Waals surface area contributed by atoms with Gasteiger partial charge in [-0.05, 0) is 32.4 Å². The van der Waals surface area contributed by atoms with Crippen molar-refractivity contribution < 1.29 is 0 Å². The fourth-order valence-corrected chi connectivity index (χ4v) is 1.97. The summed E-state index contributed by atoms with van der Waals surface area (Å²) in [5, 5.41) is 7.02. The van der Waals surface area contributed by atoms with Crippen LogP contribution in [0.25, 0.3) is 0 Å². The average Bonchev–Trinajstić information content (AvgIpc) is 2.08. The molecule has 0 aromatic rings. The molecule has 2 aliphatic rings. The minimum Gasteiger partial charge on any atom is -0.315 e. The Morgan fingerprint density at radius 1 is 1.00 bits per heavy atom. The normalized spacial score (nSPS) is 40.8. The summed E-state index contributed by atoms with van der Waals surface area (Å²) in [7, 11) is 0. The molecule has 2 N–H and O–H groups in total. The third kappa shape index (κ3) is 1.06. The Bertz CT molecular complexity index is 108. The van der Waals surface area contributed by atoms with E-state index in [2.05, 4.69) is 10.6 Å². The van der Waals surface area contributed by atoms with Crippen LogP contribution in [0, 0.1) is 0 Å². The summed E-state index contributed by atoms with van der Waals surface area (Å²) in [4.78, 5) is 0. The van der Waals surface area contributed by atoms with E-state index in [1.807, 2.05) is 0 Å². The quantitative estimate of drug-likeness (QED) is 0.512. The van der Waals surface area contributed by atoms with Crippen LogP contribution in [0.4, 0.5) is 0 Å². The summed E-state index contributed by atoms with van der Waals surface area (Å²) in [6.45, 7) is 3.66. The third-order valence-corrected chi connectivity index (χ3v) is 2.83. The van der Waals surface area contributed by atoms with Gasteiger partial charge in [0.15, 0.2) is 0 Å². The highest BCUT2D eigenvalue weighted by Gasteiger charge is 2.35. The average molecular weight is 140 g/mol. The van der Waals surface area contributed by atoms with Crippen molar-refractivity contribution in [2.75, 3.05) is 19.6 Å². The van der Waals surface area contributed by atoms with Gasteiger partial charge >= 0.3 is 0 Å². The van der Waals surface area contributed by atoms with E-state index >= 15 is 0 Å². The van der Waals surface area contributed by atoms with Gasteiger partial charge in [-0.1, -0.05) is 6.42 Å². The molecule has 2 fully saturated rings. The lowest BCUT2D eigenvalue weighted by atomic mass is 9.84. The Hall–Kier alpha value is -0.0800. The van der Waals surface area contributed by atoms with E-state index < -0.39 is 0 Å². The predicted octanol–water partition coefficient (Wildman–Crippen LogP) is 0.492. The van der Waals surface area contributed by atoms with Crippen LogP contribution in [-0.2, 0) is 0 Å². The van der Waals surface area contributed by atoms with Crippen molar-refractivity contribution in [3.8, 4) is 0 Å². The first-order valence-electron chi connectivity index (χ1n) is 4.37. The summed E-state index contributed by atoms with van der Waals surface area (Å²) in [6.07, 6.45) is 5.55. The first-order chi connectivity index (χ1) is 4.91. The molecule has 2 heteroatoms. The number of hydrogen-bond donors (Lipinski definition) is 2. The molecule has 0 radical (unpaired) electrons. The summed E-state index contributed by atoms with van der Waals surface area (Å²) in [6, 6.07) is 0. The van der Waals surface area contributed by atoms with Crippen molar-refractivity contribution in [1.82, 2.24) is 10.6 Å². The van der Waals surface area contributed by atoms with Crippen molar-refractivity contribution in [2.24, 2.45) is 0 Å². The molecule has 2 nitrogen and oxygen atoms in total. The minimum absolute atomic E-state index is 0.524. The maximum absolute atomic E-state index is 3.54. The number of hydrogen-bond acceptors (Lipinski definition) is 2. The van der Waals surface area contributed by atoms with Gasteiger partial charge in [0.05, 0.1) is 0 Å². The van der Waals surface area contributed by atoms with Gasteiger partial charge in [0.25, 0.3) is 0 Å². The molecule has 1 spiro atoms. The summed E-state index contributed by atoms with van der Waals surface area (Å²) >= 11 is 0. The molecule has 58 valence electrons. The van der Waals surface area contributed by atoms with Crippen LogP contribution in [0.5, 0.6) is 0 Å². The van der Waals surface area contributed by atoms with Crippen LogP contribution in [-0.4, -0.2) is 25.2 Å². The summed E-state index contributed by atoms with van der Waals surface area (Å²) < 4.78 is 0. The molecule has 0 bridgehead atoms. The third-order valence-electron chi connectivity index (χ3n) is 2.83. The maximum Gasteiger partial charge on any atom is 0.0318 e. The smallest absolute Gasteiger partial charge is 0.0318 e. The summed E-state index contributed by atoms with van der Waals surface area (Å²) in [5.74, 6) is 0. The zero-order valence-electron chi connectivity index (χ0n) is 6.45. The molecule has 0 saturated carbocycles. The molecule has 1 atom stereocenters. The number of nitrogens with one attached hydrogen (secondary N) is 2. The second-order valence-electron chi connectivity index (χ2n) is 3.59. The fourth-order valence-electron chi connectivity index (χ4n) is 1.97. The molecule has 2 aliphatic heterocycles. The summed E-state index contributed by atoms with van der Waals surface area (Å²) in [5.41, 5.74) is 0.524. The van der Waals surface area contributed by atoms with Crippen LogP contribution in [0.1, 0.15) is 25.7 Å². The van der Waals surface area contributed by atoms with Gasteiger partial charge in [0, 0.05) is 12.1 Å². The van der Waals surface area contributed by atoms with E-state index in [1.54, 1.807) is 0 Å². The van der Waals surface area contributed by atoms with Gasteiger partial charge in [0.2, 0.25) is 0 Å². The standard InChI is InChI=1S/C8H16N2/c1-2-5-9-7-8(3-1)4-6-10-8/h9-10H,1-7H2. The van der Waals surface area contributed by atoms with Crippen LogP contribution in [0.3, 0.4) is 0 Å². The van der Waals surface area contributed by atoms with E-state index in [4.69, 9.17) is 0 Å². The SMILES string of the molecule is C1CCC2(CCN2)CNC1. The van der Waals surface area contributed by atoms with Crippen LogP contribution in [0.15, 0.2) is 0 Å². The Balaban J connectivity index is 1.92. The largest absolute Gasteiger partial charge is 0.315 e. The zero-order valence-corrected chi connectivity index (χ0v) is 6.45. The monoisotopic (exact) mass is 140 g/mol. The lowest BCUT2D eigenvalue weighted by Crippen LogP contribution is -2.61. The lowest BCUT2D eigenvalue weighted by molar-refractivity contribution is 0.194. The van der Waals surface area contributed by atoms with E-state index in [-0.39, 0.29) is 0 Å². The molecule has 2 rings (SSSR count). The highest BCUT2D eigenvalue weighted by molar-refractivity contribution is 4.99. The fraction of sp³-hybridized carbons (Fsp3) is 1.00. The molecule has 10 heavy (non-hydrogen) atoms. The molecule has 1 unspecified atom stereocenters. The molecule has 2 heterocycles. The van der Waals surface area contributed by atoms with Crippen molar-refractivity contribution in [2.45, 2.75) is 31.2 Å². The lowest BCUT2D eigenvalue weighted by Gasteiger charge is -2.42. The van der Waals surface area contributed by atoms with Crippen molar-refractivity contribution >= 4 is 0 Å². The first-order valence-corrected chi connectivity index (χ1v) is 4.37. The highest BCUT2D eigenvalue weighted by Crippen LogP contribution is 2.25. The van der Waals surface area contributed by atoms with Crippen LogP contribution >= 0.6 is 0 Å². The molecule has 2 saturated heterocycles. The second-order valence-corrected chi connectivity index (χ2v) is 3.59. The highest BCUT2D eigenvalue weighted by atomic mass is 15.1. The predicted molar refractivity (Wildman–Crippen MR) is 42.1 cm³/mol. The van der Waals surface area contributed by atoms with Gasteiger partial charge in [-0.3, -0.25) is 0 Å². The Kier molecular flexibility index (Phi) is 1.66. The van der Waals surface area contributed by atoms with Gasteiger partial charge < -0.3 is 10.6 Å². The molecule has 0 aromatic carbocycles. The maximum atomic E-state index is 3.54. The van der Waals surface area contributed by atoms with Gasteiger partial charge in [-0.2, -0.15) is 0 Å². The topological polar surface area (TPSA) is 24.1 Å². The van der Waals surface area contributed by atoms with E-state index in [9.17, 15) is 0 Å². The van der Waals surface area contributed by atoms with E-state index in [0.29, 0.717) is 5.54 Å². The molecular weight excluding hydrogens is 124 g/mol. The minimum atomic E-state index is 0.524. The Labute approximate surface area is 62.4 Å². The molecule has 0 aromatic heterocycles. The van der Waals surface area contributed by atoms with Crippen molar-refractivity contribution in [3.05, 3.63) is 0 Å². The van der Waals surface area contributed by atoms with E-state index in [0.717, 1.165) is 0 Å².